The Morgan fingerprint density at radius 2 is 1.78 bits per heavy atom. The zero-order valence-electron chi connectivity index (χ0n) is 13.1. The number of nitrogens with zero attached hydrogens (tertiary/aromatic N) is 2. The van der Waals surface area contributed by atoms with E-state index in [4.69, 9.17) is 4.74 Å². The van der Waals surface area contributed by atoms with Crippen molar-refractivity contribution in [3.63, 3.8) is 0 Å². The minimum Gasteiger partial charge on any atom is -0.463 e. The van der Waals surface area contributed by atoms with Crippen molar-refractivity contribution in [2.45, 2.75) is 6.92 Å². The van der Waals surface area contributed by atoms with Crippen LogP contribution in [0.15, 0.2) is 54.9 Å². The minimum absolute atomic E-state index is 0.114. The van der Waals surface area contributed by atoms with Gasteiger partial charge in [-0.05, 0) is 42.8 Å². The number of carbonyl (C=O) groups is 2. The summed E-state index contributed by atoms with van der Waals surface area (Å²) >= 11 is 0. The zero-order valence-corrected chi connectivity index (χ0v) is 13.1. The largest absolute Gasteiger partial charge is 0.463 e. The van der Waals surface area contributed by atoms with E-state index in [2.05, 4.69) is 4.98 Å². The van der Waals surface area contributed by atoms with E-state index in [1.165, 1.54) is 6.08 Å². The van der Waals surface area contributed by atoms with E-state index in [1.807, 2.05) is 0 Å². The van der Waals surface area contributed by atoms with Gasteiger partial charge in [-0.1, -0.05) is 12.1 Å². The van der Waals surface area contributed by atoms with Crippen molar-refractivity contribution < 1.29 is 14.3 Å². The lowest BCUT2D eigenvalue weighted by molar-refractivity contribution is -0.137. The van der Waals surface area contributed by atoms with E-state index in [0.29, 0.717) is 12.2 Å². The molecular weight excluding hydrogens is 292 g/mol. The number of ether oxygens (including phenoxy) is 1. The number of amides is 1. The van der Waals surface area contributed by atoms with Gasteiger partial charge >= 0.3 is 5.97 Å². The molecule has 118 valence electrons. The number of esters is 1. The molecule has 0 fully saturated rings. The first kappa shape index (κ1) is 16.4. The molecule has 0 saturated carbocycles. The summed E-state index contributed by atoms with van der Waals surface area (Å²) in [7, 11) is 1.71. The number of aromatic nitrogens is 1. The third-order valence-corrected chi connectivity index (χ3v) is 3.21. The Bertz CT molecular complexity index is 694. The van der Waals surface area contributed by atoms with E-state index in [1.54, 1.807) is 73.7 Å². The number of hydrogen-bond donors (Lipinski definition) is 0. The summed E-state index contributed by atoms with van der Waals surface area (Å²) in [5, 5.41) is 0. The van der Waals surface area contributed by atoms with Gasteiger partial charge in [0.2, 0.25) is 0 Å². The standard InChI is InChI=1S/C18H18N2O3/c1-3-23-17(21)9-6-14-4-7-15(8-5-14)18(22)20(2)16-10-12-19-13-11-16/h4-13H,3H2,1-2H3/b9-6+. The minimum atomic E-state index is -0.384. The highest BCUT2D eigenvalue weighted by Crippen LogP contribution is 2.15. The molecule has 5 heteroatoms. The maximum atomic E-state index is 12.4. The molecule has 2 rings (SSSR count). The highest BCUT2D eigenvalue weighted by Gasteiger charge is 2.12. The van der Waals surface area contributed by atoms with Gasteiger partial charge in [-0.3, -0.25) is 9.78 Å². The van der Waals surface area contributed by atoms with Gasteiger partial charge in [0.25, 0.3) is 5.91 Å². The third-order valence-electron chi connectivity index (χ3n) is 3.21. The number of anilines is 1. The van der Waals surface area contributed by atoms with E-state index in [0.717, 1.165) is 11.3 Å². The number of carbonyl (C=O) groups excluding carboxylic acids is 2. The first-order valence-corrected chi connectivity index (χ1v) is 7.25. The van der Waals surface area contributed by atoms with Crippen molar-refractivity contribution in [2.24, 2.45) is 0 Å². The van der Waals surface area contributed by atoms with Gasteiger partial charge in [-0.2, -0.15) is 0 Å². The normalized spacial score (nSPS) is 10.5. The highest BCUT2D eigenvalue weighted by molar-refractivity contribution is 6.05. The average molecular weight is 310 g/mol. The van der Waals surface area contributed by atoms with Crippen LogP contribution in [0.3, 0.4) is 0 Å². The third kappa shape index (κ3) is 4.51. The van der Waals surface area contributed by atoms with Crippen LogP contribution in [0.4, 0.5) is 5.69 Å². The van der Waals surface area contributed by atoms with Crippen LogP contribution in [0.5, 0.6) is 0 Å². The van der Waals surface area contributed by atoms with E-state index < -0.39 is 0 Å². The average Bonchev–Trinajstić information content (AvgIpc) is 2.60. The molecule has 1 heterocycles. The van der Waals surface area contributed by atoms with E-state index >= 15 is 0 Å². The number of benzene rings is 1. The van der Waals surface area contributed by atoms with Gasteiger partial charge < -0.3 is 9.64 Å². The molecular formula is C18H18N2O3. The highest BCUT2D eigenvalue weighted by atomic mass is 16.5. The van der Waals surface area contributed by atoms with Gasteiger partial charge in [-0.25, -0.2) is 4.79 Å². The Balaban J connectivity index is 2.07. The first-order valence-electron chi connectivity index (χ1n) is 7.25. The monoisotopic (exact) mass is 310 g/mol. The van der Waals surface area contributed by atoms with Gasteiger partial charge in [-0.15, -0.1) is 0 Å². The lowest BCUT2D eigenvalue weighted by Gasteiger charge is -2.17. The molecule has 0 saturated heterocycles. The second-order valence-electron chi connectivity index (χ2n) is 4.78. The van der Waals surface area contributed by atoms with Gasteiger partial charge in [0, 0.05) is 36.8 Å². The van der Waals surface area contributed by atoms with Crippen molar-refractivity contribution in [1.29, 1.82) is 0 Å². The molecule has 0 spiro atoms. The fourth-order valence-electron chi connectivity index (χ4n) is 1.97. The van der Waals surface area contributed by atoms with Crippen molar-refractivity contribution in [3.05, 3.63) is 66.0 Å². The summed E-state index contributed by atoms with van der Waals surface area (Å²) in [6.07, 6.45) is 6.30. The molecule has 1 amide bonds. The van der Waals surface area contributed by atoms with Crippen LogP contribution in [0.2, 0.25) is 0 Å². The maximum Gasteiger partial charge on any atom is 0.330 e. The molecule has 0 unspecified atom stereocenters. The molecule has 0 aliphatic heterocycles. The Labute approximate surface area is 135 Å². The Morgan fingerprint density at radius 3 is 2.39 bits per heavy atom. The zero-order chi connectivity index (χ0) is 16.7. The topological polar surface area (TPSA) is 59.5 Å². The number of pyridine rings is 1. The van der Waals surface area contributed by atoms with Crippen LogP contribution in [0, 0.1) is 0 Å². The Hall–Kier alpha value is -2.95. The van der Waals surface area contributed by atoms with Gasteiger partial charge in [0.05, 0.1) is 6.61 Å². The molecule has 23 heavy (non-hydrogen) atoms. The number of rotatable bonds is 5. The summed E-state index contributed by atoms with van der Waals surface area (Å²) in [5.74, 6) is -0.498. The molecule has 5 nitrogen and oxygen atoms in total. The summed E-state index contributed by atoms with van der Waals surface area (Å²) in [4.78, 5) is 29.2. The lowest BCUT2D eigenvalue weighted by Crippen LogP contribution is -2.26. The smallest absolute Gasteiger partial charge is 0.330 e. The summed E-state index contributed by atoms with van der Waals surface area (Å²) in [6.45, 7) is 2.10. The maximum absolute atomic E-state index is 12.4. The molecule has 0 N–H and O–H groups in total. The molecule has 0 aliphatic carbocycles. The van der Waals surface area contributed by atoms with Gasteiger partial charge in [0.15, 0.2) is 0 Å². The van der Waals surface area contributed by atoms with Gasteiger partial charge in [0.1, 0.15) is 0 Å². The van der Waals surface area contributed by atoms with Crippen LogP contribution < -0.4 is 4.90 Å². The molecule has 0 radical (unpaired) electrons. The SMILES string of the molecule is CCOC(=O)/C=C/c1ccc(C(=O)N(C)c2ccncc2)cc1. The van der Waals surface area contributed by atoms with Crippen LogP contribution in [-0.2, 0) is 9.53 Å². The Kier molecular flexibility index (Phi) is 5.63. The second kappa shape index (κ2) is 7.89. The predicted molar refractivity (Wildman–Crippen MR) is 89.1 cm³/mol. The van der Waals surface area contributed by atoms with Crippen molar-refractivity contribution >= 4 is 23.6 Å². The first-order chi connectivity index (χ1) is 11.1. The number of hydrogen-bond acceptors (Lipinski definition) is 4. The summed E-state index contributed by atoms with van der Waals surface area (Å²) < 4.78 is 4.81. The van der Waals surface area contributed by atoms with Crippen LogP contribution in [0.25, 0.3) is 6.08 Å². The molecule has 0 aliphatic rings. The van der Waals surface area contributed by atoms with Crippen molar-refractivity contribution in [1.82, 2.24) is 4.98 Å². The fraction of sp³-hybridized carbons (Fsp3) is 0.167. The quantitative estimate of drug-likeness (QED) is 0.629. The summed E-state index contributed by atoms with van der Waals surface area (Å²) in [6, 6.07) is 10.6. The van der Waals surface area contributed by atoms with Crippen molar-refractivity contribution in [2.75, 3.05) is 18.6 Å². The molecule has 1 aromatic heterocycles. The summed E-state index contributed by atoms with van der Waals surface area (Å²) in [5.41, 5.74) is 2.16. The van der Waals surface area contributed by atoms with Crippen LogP contribution in [0.1, 0.15) is 22.8 Å². The van der Waals surface area contributed by atoms with E-state index in [9.17, 15) is 9.59 Å². The fourth-order valence-corrected chi connectivity index (χ4v) is 1.97. The molecule has 0 bridgehead atoms. The molecule has 2 aromatic rings. The van der Waals surface area contributed by atoms with Crippen molar-refractivity contribution in [3.8, 4) is 0 Å². The van der Waals surface area contributed by atoms with Crippen LogP contribution in [-0.4, -0.2) is 30.5 Å². The lowest BCUT2D eigenvalue weighted by atomic mass is 10.1. The molecule has 0 atom stereocenters. The predicted octanol–water partition coefficient (Wildman–Crippen LogP) is 2.93. The molecule has 1 aromatic carbocycles. The second-order valence-corrected chi connectivity index (χ2v) is 4.78. The van der Waals surface area contributed by atoms with E-state index in [-0.39, 0.29) is 11.9 Å². The van der Waals surface area contributed by atoms with Crippen LogP contribution >= 0.6 is 0 Å². The Morgan fingerprint density at radius 1 is 1.13 bits per heavy atom.